The highest BCUT2D eigenvalue weighted by Gasteiger charge is 2.39. The van der Waals surface area contributed by atoms with Crippen molar-refractivity contribution in [2.24, 2.45) is 0 Å². The third kappa shape index (κ3) is 2.17. The highest BCUT2D eigenvalue weighted by atomic mass is 79.9. The molecule has 0 bridgehead atoms. The molecular formula is C9H3BrF3NO2. The SMILES string of the molecule is N#Cc1ccc(Br)c(C(=O)O)c1C(F)(F)F. The summed E-state index contributed by atoms with van der Waals surface area (Å²) in [6, 6.07) is 3.33. The van der Waals surface area contributed by atoms with Crippen molar-refractivity contribution in [3.63, 3.8) is 0 Å². The van der Waals surface area contributed by atoms with E-state index in [4.69, 9.17) is 10.4 Å². The van der Waals surface area contributed by atoms with Crippen LogP contribution >= 0.6 is 15.9 Å². The van der Waals surface area contributed by atoms with E-state index < -0.39 is 28.8 Å². The molecule has 0 aliphatic heterocycles. The topological polar surface area (TPSA) is 61.1 Å². The fourth-order valence-electron chi connectivity index (χ4n) is 1.17. The molecule has 0 saturated heterocycles. The van der Waals surface area contributed by atoms with Crippen LogP contribution < -0.4 is 0 Å². The molecule has 0 fully saturated rings. The second-order valence-corrected chi connectivity index (χ2v) is 3.61. The lowest BCUT2D eigenvalue weighted by molar-refractivity contribution is -0.138. The first-order valence-corrected chi connectivity index (χ1v) is 4.61. The summed E-state index contributed by atoms with van der Waals surface area (Å²) in [5, 5.41) is 17.2. The number of carbonyl (C=O) groups is 1. The van der Waals surface area contributed by atoms with Crippen LogP contribution in [-0.2, 0) is 6.18 Å². The number of halogens is 4. The van der Waals surface area contributed by atoms with Gasteiger partial charge in [0, 0.05) is 4.47 Å². The number of hydrogen-bond acceptors (Lipinski definition) is 2. The van der Waals surface area contributed by atoms with E-state index >= 15 is 0 Å². The fourth-order valence-corrected chi connectivity index (χ4v) is 1.67. The van der Waals surface area contributed by atoms with Crippen molar-refractivity contribution >= 4 is 21.9 Å². The first-order chi connectivity index (χ1) is 7.29. The summed E-state index contributed by atoms with van der Waals surface area (Å²) in [5.41, 5.74) is -3.10. The molecule has 1 aromatic carbocycles. The van der Waals surface area contributed by atoms with Gasteiger partial charge in [0.2, 0.25) is 0 Å². The standard InChI is InChI=1S/C9H3BrF3NO2/c10-5-2-1-4(3-14)7(9(11,12)13)6(5)8(15)16/h1-2H,(H,15,16). The monoisotopic (exact) mass is 293 g/mol. The number of carboxylic acids is 1. The van der Waals surface area contributed by atoms with Gasteiger partial charge in [-0.2, -0.15) is 18.4 Å². The van der Waals surface area contributed by atoms with Crippen LogP contribution in [0.25, 0.3) is 0 Å². The Bertz CT molecular complexity index is 491. The van der Waals surface area contributed by atoms with Crippen LogP contribution in [0, 0.1) is 11.3 Å². The lowest BCUT2D eigenvalue weighted by Gasteiger charge is -2.12. The summed E-state index contributed by atoms with van der Waals surface area (Å²) in [7, 11) is 0. The molecule has 0 saturated carbocycles. The number of nitriles is 1. The van der Waals surface area contributed by atoms with Crippen LogP contribution in [0.3, 0.4) is 0 Å². The van der Waals surface area contributed by atoms with Gasteiger partial charge in [-0.25, -0.2) is 4.79 Å². The van der Waals surface area contributed by atoms with Crippen molar-refractivity contribution in [3.05, 3.63) is 33.3 Å². The van der Waals surface area contributed by atoms with Gasteiger partial charge in [0.25, 0.3) is 0 Å². The molecule has 0 aliphatic carbocycles. The van der Waals surface area contributed by atoms with Crippen molar-refractivity contribution in [3.8, 4) is 6.07 Å². The smallest absolute Gasteiger partial charge is 0.418 e. The van der Waals surface area contributed by atoms with E-state index in [-0.39, 0.29) is 4.47 Å². The maximum Gasteiger partial charge on any atom is 0.418 e. The lowest BCUT2D eigenvalue weighted by Crippen LogP contribution is -2.15. The highest BCUT2D eigenvalue weighted by molar-refractivity contribution is 9.10. The minimum absolute atomic E-state index is 0.216. The average Bonchev–Trinajstić information content (AvgIpc) is 2.15. The van der Waals surface area contributed by atoms with Crippen LogP contribution in [0.4, 0.5) is 13.2 Å². The quantitative estimate of drug-likeness (QED) is 0.866. The van der Waals surface area contributed by atoms with Crippen LogP contribution in [-0.4, -0.2) is 11.1 Å². The Labute approximate surface area is 96.2 Å². The maximum absolute atomic E-state index is 12.6. The number of rotatable bonds is 1. The largest absolute Gasteiger partial charge is 0.478 e. The summed E-state index contributed by atoms with van der Waals surface area (Å²) < 4.78 is 37.6. The maximum atomic E-state index is 12.6. The number of nitrogens with zero attached hydrogens (tertiary/aromatic N) is 1. The summed E-state index contributed by atoms with van der Waals surface area (Å²) in [6.45, 7) is 0. The highest BCUT2D eigenvalue weighted by Crippen LogP contribution is 2.37. The van der Waals surface area contributed by atoms with E-state index in [2.05, 4.69) is 15.9 Å². The summed E-state index contributed by atoms with van der Waals surface area (Å²) in [4.78, 5) is 10.7. The molecule has 1 rings (SSSR count). The molecule has 0 aliphatic rings. The summed E-state index contributed by atoms with van der Waals surface area (Å²) >= 11 is 2.71. The zero-order valence-electron chi connectivity index (χ0n) is 7.47. The van der Waals surface area contributed by atoms with Crippen molar-refractivity contribution in [1.82, 2.24) is 0 Å². The van der Waals surface area contributed by atoms with Crippen LogP contribution in [0.15, 0.2) is 16.6 Å². The molecule has 16 heavy (non-hydrogen) atoms. The molecule has 7 heteroatoms. The summed E-state index contributed by atoms with van der Waals surface area (Å²) in [6.07, 6.45) is -4.89. The van der Waals surface area contributed by atoms with E-state index in [9.17, 15) is 18.0 Å². The molecule has 1 aromatic rings. The number of alkyl halides is 3. The minimum Gasteiger partial charge on any atom is -0.478 e. The molecule has 0 amide bonds. The van der Waals surface area contributed by atoms with Gasteiger partial charge in [-0.3, -0.25) is 0 Å². The second-order valence-electron chi connectivity index (χ2n) is 2.76. The van der Waals surface area contributed by atoms with Crippen LogP contribution in [0.2, 0.25) is 0 Å². The molecule has 0 radical (unpaired) electrons. The molecule has 0 atom stereocenters. The molecule has 1 N–H and O–H groups in total. The molecule has 0 heterocycles. The third-order valence-electron chi connectivity index (χ3n) is 1.77. The van der Waals surface area contributed by atoms with Gasteiger partial charge in [0.15, 0.2) is 0 Å². The van der Waals surface area contributed by atoms with Gasteiger partial charge < -0.3 is 5.11 Å². The van der Waals surface area contributed by atoms with Gasteiger partial charge in [-0.1, -0.05) is 0 Å². The van der Waals surface area contributed by atoms with Crippen molar-refractivity contribution in [2.45, 2.75) is 6.18 Å². The number of hydrogen-bond donors (Lipinski definition) is 1. The number of benzene rings is 1. The molecule has 84 valence electrons. The summed E-state index contributed by atoms with van der Waals surface area (Å²) in [5.74, 6) is -1.74. The van der Waals surface area contributed by atoms with E-state index in [1.54, 1.807) is 0 Å². The zero-order valence-corrected chi connectivity index (χ0v) is 9.06. The van der Waals surface area contributed by atoms with E-state index in [0.717, 1.165) is 12.1 Å². The van der Waals surface area contributed by atoms with Gasteiger partial charge in [0.05, 0.1) is 22.8 Å². The third-order valence-corrected chi connectivity index (χ3v) is 2.43. The normalized spacial score (nSPS) is 10.9. The van der Waals surface area contributed by atoms with Crippen molar-refractivity contribution in [1.29, 1.82) is 5.26 Å². The molecule has 3 nitrogen and oxygen atoms in total. The van der Waals surface area contributed by atoms with E-state index in [1.165, 1.54) is 6.07 Å². The van der Waals surface area contributed by atoms with E-state index in [0.29, 0.717) is 0 Å². The first kappa shape index (κ1) is 12.5. The van der Waals surface area contributed by atoms with Gasteiger partial charge in [-0.15, -0.1) is 0 Å². The number of carboxylic acid groups (broad SMARTS) is 1. The Morgan fingerprint density at radius 2 is 2.00 bits per heavy atom. The Morgan fingerprint density at radius 1 is 1.44 bits per heavy atom. The Morgan fingerprint density at radius 3 is 2.38 bits per heavy atom. The molecular weight excluding hydrogens is 291 g/mol. The molecule has 0 aromatic heterocycles. The predicted octanol–water partition coefficient (Wildman–Crippen LogP) is 3.04. The first-order valence-electron chi connectivity index (χ1n) is 3.82. The molecule has 0 unspecified atom stereocenters. The fraction of sp³-hybridized carbons (Fsp3) is 0.111. The van der Waals surface area contributed by atoms with Gasteiger partial charge in [-0.05, 0) is 28.1 Å². The van der Waals surface area contributed by atoms with Crippen LogP contribution in [0.1, 0.15) is 21.5 Å². The Hall–Kier alpha value is -1.55. The van der Waals surface area contributed by atoms with Crippen LogP contribution in [0.5, 0.6) is 0 Å². The minimum atomic E-state index is -4.89. The van der Waals surface area contributed by atoms with E-state index in [1.807, 2.05) is 0 Å². The predicted molar refractivity (Wildman–Crippen MR) is 50.8 cm³/mol. The van der Waals surface area contributed by atoms with Crippen molar-refractivity contribution in [2.75, 3.05) is 0 Å². The Balaban J connectivity index is 3.71. The van der Waals surface area contributed by atoms with Gasteiger partial charge in [0.1, 0.15) is 0 Å². The second kappa shape index (κ2) is 4.14. The Kier molecular flexibility index (Phi) is 3.24. The lowest BCUT2D eigenvalue weighted by atomic mass is 10.0. The average molecular weight is 294 g/mol. The zero-order chi connectivity index (χ0) is 12.5. The van der Waals surface area contributed by atoms with Crippen molar-refractivity contribution < 1.29 is 23.1 Å². The van der Waals surface area contributed by atoms with Gasteiger partial charge >= 0.3 is 12.1 Å². The molecule has 0 spiro atoms. The number of aromatic carboxylic acids is 1.